The molecule has 0 amide bonds. The van der Waals surface area contributed by atoms with Crippen molar-refractivity contribution in [2.75, 3.05) is 12.4 Å². The van der Waals surface area contributed by atoms with Crippen molar-refractivity contribution in [1.29, 1.82) is 0 Å². The van der Waals surface area contributed by atoms with E-state index in [2.05, 4.69) is 20.9 Å². The highest BCUT2D eigenvalue weighted by molar-refractivity contribution is 5.94. The molecule has 0 fully saturated rings. The van der Waals surface area contributed by atoms with Gasteiger partial charge >= 0.3 is 5.97 Å². The van der Waals surface area contributed by atoms with Crippen molar-refractivity contribution in [3.05, 3.63) is 83.9 Å². The first-order chi connectivity index (χ1) is 18.2. The maximum absolute atomic E-state index is 12.1. The number of carbonyl (C=O) groups excluding carboxylic acids is 1. The molecule has 1 aliphatic rings. The molecule has 2 heterocycles. The van der Waals surface area contributed by atoms with Gasteiger partial charge in [0.05, 0.1) is 23.7 Å². The van der Waals surface area contributed by atoms with Gasteiger partial charge in [0.15, 0.2) is 5.58 Å². The van der Waals surface area contributed by atoms with E-state index in [1.807, 2.05) is 54.6 Å². The summed E-state index contributed by atoms with van der Waals surface area (Å²) in [6.45, 7) is 0.812. The van der Waals surface area contributed by atoms with Crippen LogP contribution in [0.2, 0.25) is 0 Å². The minimum Gasteiger partial charge on any atom is -0.465 e. The molecule has 186 valence electrons. The number of hydrogen-bond acceptors (Lipinski definition) is 6. The molecule has 0 unspecified atom stereocenters. The van der Waals surface area contributed by atoms with E-state index in [-0.39, 0.29) is 5.97 Å². The third-order valence-electron chi connectivity index (χ3n) is 6.88. The van der Waals surface area contributed by atoms with Gasteiger partial charge in [-0.25, -0.2) is 9.78 Å². The maximum atomic E-state index is 12.1. The van der Waals surface area contributed by atoms with Crippen LogP contribution in [0.15, 0.2) is 82.8 Å². The summed E-state index contributed by atoms with van der Waals surface area (Å²) in [5.41, 5.74) is 7.06. The molecule has 6 rings (SSSR count). The number of carbonyl (C=O) groups is 1. The van der Waals surface area contributed by atoms with E-state index in [0.29, 0.717) is 17.2 Å². The molecule has 1 aliphatic carbocycles. The Hall–Kier alpha value is -4.39. The van der Waals surface area contributed by atoms with E-state index in [1.54, 1.807) is 12.1 Å². The largest absolute Gasteiger partial charge is 0.465 e. The molecule has 0 radical (unpaired) electrons. The number of para-hydroxylation sites is 1. The van der Waals surface area contributed by atoms with Gasteiger partial charge in [-0.15, -0.1) is 0 Å². The van der Waals surface area contributed by atoms with Crippen LogP contribution in [-0.2, 0) is 11.3 Å². The highest BCUT2D eigenvalue weighted by Crippen LogP contribution is 2.31. The van der Waals surface area contributed by atoms with Gasteiger partial charge in [-0.3, -0.25) is 0 Å². The molecule has 7 nitrogen and oxygen atoms in total. The quantitative estimate of drug-likeness (QED) is 0.190. The lowest BCUT2D eigenvalue weighted by Gasteiger charge is -2.15. The number of allylic oxidation sites excluding steroid dienone is 2. The first-order valence-electron chi connectivity index (χ1n) is 12.7. The van der Waals surface area contributed by atoms with Gasteiger partial charge in [-0.2, -0.15) is 4.98 Å². The zero-order valence-corrected chi connectivity index (χ0v) is 20.7. The van der Waals surface area contributed by atoms with E-state index in [9.17, 15) is 4.79 Å². The molecule has 0 bridgehead atoms. The predicted molar refractivity (Wildman–Crippen MR) is 145 cm³/mol. The van der Waals surface area contributed by atoms with E-state index < -0.39 is 0 Å². The summed E-state index contributed by atoms with van der Waals surface area (Å²) in [4.78, 5) is 21.8. The molecular formula is C30H28N4O3. The Kier molecular flexibility index (Phi) is 6.18. The molecule has 0 saturated carbocycles. The van der Waals surface area contributed by atoms with Gasteiger partial charge in [0.1, 0.15) is 11.3 Å². The Bertz CT molecular complexity index is 1610. The highest BCUT2D eigenvalue weighted by Gasteiger charge is 2.17. The fourth-order valence-electron chi connectivity index (χ4n) is 4.97. The van der Waals surface area contributed by atoms with Gasteiger partial charge in [0.2, 0.25) is 0 Å². The van der Waals surface area contributed by atoms with E-state index in [1.165, 1.54) is 25.5 Å². The number of esters is 1. The van der Waals surface area contributed by atoms with Gasteiger partial charge in [-0.05, 0) is 80.6 Å². The smallest absolute Gasteiger partial charge is 0.337 e. The standard InChI is InChI=1S/C30H28N4O3/c1-36-29(35)22-12-14-26-24(19-22)32-28(34(26)17-16-20-8-4-2-5-9-20)21-13-15-27-25(18-21)33-30(37-27)31-23-10-6-3-7-11-23/h3,6-8,10-15,18-19H,2,4-5,9,16-17H2,1H3,(H,31,33). The number of fused-ring (bicyclic) bond motifs is 2. The van der Waals surface area contributed by atoms with Crippen LogP contribution in [0.25, 0.3) is 33.5 Å². The first-order valence-corrected chi connectivity index (χ1v) is 12.7. The normalized spacial score (nSPS) is 13.6. The number of aryl methyl sites for hydroxylation is 1. The Morgan fingerprint density at radius 1 is 1.03 bits per heavy atom. The molecule has 0 atom stereocenters. The second kappa shape index (κ2) is 9.93. The summed E-state index contributed by atoms with van der Waals surface area (Å²) in [5.74, 6) is 0.476. The van der Waals surface area contributed by atoms with Crippen LogP contribution in [0, 0.1) is 0 Å². The van der Waals surface area contributed by atoms with Gasteiger partial charge in [0, 0.05) is 17.8 Å². The number of rotatable bonds is 7. The number of imidazole rings is 1. The Labute approximate surface area is 214 Å². The lowest BCUT2D eigenvalue weighted by molar-refractivity contribution is 0.0601. The zero-order chi connectivity index (χ0) is 25.2. The minimum atomic E-state index is -0.368. The van der Waals surface area contributed by atoms with E-state index >= 15 is 0 Å². The van der Waals surface area contributed by atoms with Crippen molar-refractivity contribution < 1.29 is 13.9 Å². The topological polar surface area (TPSA) is 82.2 Å². The van der Waals surface area contributed by atoms with Crippen molar-refractivity contribution in [3.63, 3.8) is 0 Å². The third-order valence-corrected chi connectivity index (χ3v) is 6.88. The molecular weight excluding hydrogens is 464 g/mol. The average Bonchev–Trinajstić information content (AvgIpc) is 3.52. The summed E-state index contributed by atoms with van der Waals surface area (Å²) >= 11 is 0. The van der Waals surface area contributed by atoms with Crippen LogP contribution in [0.4, 0.5) is 11.7 Å². The van der Waals surface area contributed by atoms with E-state index in [0.717, 1.165) is 59.4 Å². The predicted octanol–water partition coefficient (Wildman–Crippen LogP) is 7.27. The average molecular weight is 493 g/mol. The van der Waals surface area contributed by atoms with Crippen LogP contribution < -0.4 is 5.32 Å². The molecule has 0 aliphatic heterocycles. The van der Waals surface area contributed by atoms with E-state index in [4.69, 9.17) is 14.1 Å². The van der Waals surface area contributed by atoms with Crippen LogP contribution in [0.3, 0.4) is 0 Å². The molecule has 0 saturated heterocycles. The van der Waals surface area contributed by atoms with Crippen LogP contribution in [0.5, 0.6) is 0 Å². The summed E-state index contributed by atoms with van der Waals surface area (Å²) < 4.78 is 13.1. The number of aromatic nitrogens is 3. The number of anilines is 2. The van der Waals surface area contributed by atoms with Crippen LogP contribution in [-0.4, -0.2) is 27.6 Å². The Balaban J connectivity index is 1.39. The number of nitrogens with zero attached hydrogens (tertiary/aromatic N) is 3. The second-order valence-corrected chi connectivity index (χ2v) is 9.33. The molecule has 3 aromatic carbocycles. The van der Waals surface area contributed by atoms with Crippen molar-refractivity contribution in [2.45, 2.75) is 38.6 Å². The van der Waals surface area contributed by atoms with Crippen LogP contribution in [0.1, 0.15) is 42.5 Å². The van der Waals surface area contributed by atoms with Gasteiger partial charge < -0.3 is 19.0 Å². The summed E-state index contributed by atoms with van der Waals surface area (Å²) in [6, 6.07) is 21.8. The van der Waals surface area contributed by atoms with Crippen molar-refractivity contribution >= 4 is 39.8 Å². The van der Waals surface area contributed by atoms with Gasteiger partial charge in [-0.1, -0.05) is 29.8 Å². The Morgan fingerprint density at radius 3 is 2.73 bits per heavy atom. The van der Waals surface area contributed by atoms with Crippen molar-refractivity contribution in [2.24, 2.45) is 0 Å². The first kappa shape index (κ1) is 23.0. The molecule has 2 aromatic heterocycles. The monoisotopic (exact) mass is 492 g/mol. The minimum absolute atomic E-state index is 0.368. The SMILES string of the molecule is COC(=O)c1ccc2c(c1)nc(-c1ccc3oc(Nc4ccccc4)nc3c1)n2CCC1=CCCCC1. The summed E-state index contributed by atoms with van der Waals surface area (Å²) in [6.07, 6.45) is 8.23. The second-order valence-electron chi connectivity index (χ2n) is 9.33. The summed E-state index contributed by atoms with van der Waals surface area (Å²) in [5, 5.41) is 3.22. The molecule has 37 heavy (non-hydrogen) atoms. The molecule has 1 N–H and O–H groups in total. The number of methoxy groups -OCH3 is 1. The highest BCUT2D eigenvalue weighted by atomic mass is 16.5. The molecule has 7 heteroatoms. The number of hydrogen-bond donors (Lipinski definition) is 1. The fraction of sp³-hybridized carbons (Fsp3) is 0.233. The van der Waals surface area contributed by atoms with Crippen molar-refractivity contribution in [1.82, 2.24) is 14.5 Å². The maximum Gasteiger partial charge on any atom is 0.337 e. The number of benzene rings is 3. The molecule has 0 spiro atoms. The zero-order valence-electron chi connectivity index (χ0n) is 20.7. The van der Waals surface area contributed by atoms with Crippen LogP contribution >= 0.6 is 0 Å². The molecule has 5 aromatic rings. The fourth-order valence-corrected chi connectivity index (χ4v) is 4.97. The lowest BCUT2D eigenvalue weighted by Crippen LogP contribution is -2.04. The van der Waals surface area contributed by atoms with Gasteiger partial charge in [0.25, 0.3) is 6.01 Å². The number of oxazole rings is 1. The Morgan fingerprint density at radius 2 is 1.92 bits per heavy atom. The lowest BCUT2D eigenvalue weighted by atomic mass is 9.97. The third kappa shape index (κ3) is 4.72. The van der Waals surface area contributed by atoms with Crippen molar-refractivity contribution in [3.8, 4) is 11.4 Å². The number of nitrogens with one attached hydrogen (secondary N) is 1. The number of ether oxygens (including phenoxy) is 1. The summed E-state index contributed by atoms with van der Waals surface area (Å²) in [7, 11) is 1.39.